The van der Waals surface area contributed by atoms with Crippen LogP contribution in [0.3, 0.4) is 0 Å². The Bertz CT molecular complexity index is 877. The number of likely N-dealkylation sites (N-methyl/N-ethyl adjacent to an activating group) is 1. The van der Waals surface area contributed by atoms with Crippen molar-refractivity contribution < 1.29 is 8.42 Å². The van der Waals surface area contributed by atoms with Crippen LogP contribution < -0.4 is 9.62 Å². The van der Waals surface area contributed by atoms with Gasteiger partial charge in [-0.25, -0.2) is 8.42 Å². The van der Waals surface area contributed by atoms with Gasteiger partial charge in [0.1, 0.15) is 0 Å². The van der Waals surface area contributed by atoms with Gasteiger partial charge in [-0.2, -0.15) is 0 Å². The zero-order valence-electron chi connectivity index (χ0n) is 14.6. The van der Waals surface area contributed by atoms with Gasteiger partial charge >= 0.3 is 0 Å². The molecule has 0 aromatic heterocycles. The minimum Gasteiger partial charge on any atom is -0.367 e. The lowest BCUT2D eigenvalue weighted by Crippen LogP contribution is -2.44. The van der Waals surface area contributed by atoms with Gasteiger partial charge < -0.3 is 9.80 Å². The molecule has 1 saturated heterocycles. The van der Waals surface area contributed by atoms with Gasteiger partial charge in [0, 0.05) is 31.2 Å². The van der Waals surface area contributed by atoms with Gasteiger partial charge in [-0.1, -0.05) is 41.9 Å². The fourth-order valence-corrected chi connectivity index (χ4v) is 3.88. The number of piperazine rings is 1. The Labute approximate surface area is 159 Å². The van der Waals surface area contributed by atoms with Crippen molar-refractivity contribution in [3.05, 3.63) is 64.5 Å². The lowest BCUT2D eigenvalue weighted by molar-refractivity contribution is 0.313. The molecule has 138 valence electrons. The Morgan fingerprint density at radius 1 is 1.04 bits per heavy atom. The quantitative estimate of drug-likeness (QED) is 0.847. The molecule has 1 fully saturated rings. The second kappa shape index (κ2) is 8.12. The van der Waals surface area contributed by atoms with Gasteiger partial charge in [0.05, 0.1) is 16.8 Å². The molecule has 0 saturated carbocycles. The molecule has 2 aromatic carbocycles. The molecule has 3 rings (SSSR count). The Kier molecular flexibility index (Phi) is 5.86. The number of halogens is 1. The molecule has 0 radical (unpaired) electrons. The highest BCUT2D eigenvalue weighted by Gasteiger charge is 2.19. The second-order valence-corrected chi connectivity index (χ2v) is 8.32. The van der Waals surface area contributed by atoms with E-state index < -0.39 is 10.0 Å². The molecule has 0 atom stereocenters. The van der Waals surface area contributed by atoms with E-state index in [-0.39, 0.29) is 0 Å². The molecule has 0 aliphatic carbocycles. The molecule has 5 nitrogen and oxygen atoms in total. The van der Waals surface area contributed by atoms with Gasteiger partial charge in [0.2, 0.25) is 0 Å². The number of anilines is 2. The normalized spacial score (nSPS) is 16.2. The number of nitrogens with zero attached hydrogens (tertiary/aromatic N) is 2. The average molecular weight is 392 g/mol. The van der Waals surface area contributed by atoms with Crippen LogP contribution in [0.5, 0.6) is 0 Å². The summed E-state index contributed by atoms with van der Waals surface area (Å²) in [6, 6.07) is 14.6. The molecular formula is C19H22ClN3O2S. The smallest absolute Gasteiger partial charge is 0.255 e. The van der Waals surface area contributed by atoms with Crippen LogP contribution in [0.2, 0.25) is 5.02 Å². The first-order valence-corrected chi connectivity index (χ1v) is 10.3. The number of hydrogen-bond acceptors (Lipinski definition) is 4. The number of sulfonamides is 1. The van der Waals surface area contributed by atoms with Gasteiger partial charge in [-0.05, 0) is 36.9 Å². The van der Waals surface area contributed by atoms with Crippen LogP contribution in [-0.2, 0) is 10.0 Å². The van der Waals surface area contributed by atoms with Crippen LogP contribution in [0, 0.1) is 0 Å². The monoisotopic (exact) mass is 391 g/mol. The minimum atomic E-state index is -3.65. The van der Waals surface area contributed by atoms with Gasteiger partial charge in [0.25, 0.3) is 10.0 Å². The van der Waals surface area contributed by atoms with Crippen molar-refractivity contribution in [1.82, 2.24) is 4.90 Å². The minimum absolute atomic E-state index is 0.493. The van der Waals surface area contributed by atoms with Gasteiger partial charge in [0.15, 0.2) is 0 Å². The number of rotatable bonds is 5. The SMILES string of the molecule is CN1CCN(c2ccc(Cl)cc2NS(=O)(=O)/C=C/c2ccccc2)CC1. The molecule has 7 heteroatoms. The van der Waals surface area contributed by atoms with Crippen LogP contribution in [0.1, 0.15) is 5.56 Å². The topological polar surface area (TPSA) is 52.6 Å². The van der Waals surface area contributed by atoms with Crippen LogP contribution >= 0.6 is 11.6 Å². The maximum absolute atomic E-state index is 12.5. The molecule has 1 aliphatic heterocycles. The van der Waals surface area contributed by atoms with Crippen LogP contribution in [-0.4, -0.2) is 46.5 Å². The Morgan fingerprint density at radius 2 is 1.73 bits per heavy atom. The summed E-state index contributed by atoms with van der Waals surface area (Å²) >= 11 is 6.10. The van der Waals surface area contributed by atoms with E-state index in [1.54, 1.807) is 18.2 Å². The molecule has 26 heavy (non-hydrogen) atoms. The molecule has 0 bridgehead atoms. The lowest BCUT2D eigenvalue weighted by atomic mass is 10.2. The highest BCUT2D eigenvalue weighted by Crippen LogP contribution is 2.31. The first-order valence-electron chi connectivity index (χ1n) is 8.42. The maximum Gasteiger partial charge on any atom is 0.255 e. The van der Waals surface area contributed by atoms with E-state index >= 15 is 0 Å². The fraction of sp³-hybridized carbons (Fsp3) is 0.263. The highest BCUT2D eigenvalue weighted by molar-refractivity contribution is 7.95. The van der Waals surface area contributed by atoms with E-state index in [1.807, 2.05) is 36.4 Å². The van der Waals surface area contributed by atoms with Gasteiger partial charge in [-0.15, -0.1) is 0 Å². The lowest BCUT2D eigenvalue weighted by Gasteiger charge is -2.35. The fourth-order valence-electron chi connectivity index (χ4n) is 2.83. The van der Waals surface area contributed by atoms with Crippen molar-refractivity contribution >= 4 is 39.1 Å². The van der Waals surface area contributed by atoms with Gasteiger partial charge in [-0.3, -0.25) is 4.72 Å². The summed E-state index contributed by atoms with van der Waals surface area (Å²) in [7, 11) is -1.57. The third-order valence-corrected chi connectivity index (χ3v) is 5.53. The summed E-state index contributed by atoms with van der Waals surface area (Å²) in [5, 5.41) is 1.67. The third kappa shape index (κ3) is 5.00. The van der Waals surface area contributed by atoms with E-state index in [9.17, 15) is 8.42 Å². The van der Waals surface area contributed by atoms with Crippen molar-refractivity contribution in [3.63, 3.8) is 0 Å². The molecule has 2 aromatic rings. The number of nitrogens with one attached hydrogen (secondary N) is 1. The van der Waals surface area contributed by atoms with E-state index in [1.165, 1.54) is 5.41 Å². The Hall–Kier alpha value is -2.02. The summed E-state index contributed by atoms with van der Waals surface area (Å²) in [6.45, 7) is 3.55. The first kappa shape index (κ1) is 18.8. The summed E-state index contributed by atoms with van der Waals surface area (Å²) in [6.07, 6.45) is 1.57. The van der Waals surface area contributed by atoms with E-state index in [0.717, 1.165) is 37.4 Å². The molecule has 1 aliphatic rings. The summed E-state index contributed by atoms with van der Waals surface area (Å²) in [5.41, 5.74) is 2.17. The predicted octanol–water partition coefficient (Wildman–Crippen LogP) is 3.50. The average Bonchev–Trinajstić information content (AvgIpc) is 2.62. The predicted molar refractivity (Wildman–Crippen MR) is 109 cm³/mol. The van der Waals surface area contributed by atoms with Crippen molar-refractivity contribution in [3.8, 4) is 0 Å². The van der Waals surface area contributed by atoms with Crippen molar-refractivity contribution in [2.75, 3.05) is 42.8 Å². The van der Waals surface area contributed by atoms with Crippen LogP contribution in [0.25, 0.3) is 6.08 Å². The molecule has 1 heterocycles. The highest BCUT2D eigenvalue weighted by atomic mass is 35.5. The third-order valence-electron chi connectivity index (χ3n) is 4.29. The van der Waals surface area contributed by atoms with E-state index in [2.05, 4.69) is 21.6 Å². The first-order chi connectivity index (χ1) is 12.4. The van der Waals surface area contributed by atoms with Crippen LogP contribution in [0.4, 0.5) is 11.4 Å². The second-order valence-electron chi connectivity index (χ2n) is 6.31. The zero-order valence-corrected chi connectivity index (χ0v) is 16.2. The summed E-state index contributed by atoms with van der Waals surface area (Å²) < 4.78 is 27.7. The molecule has 0 amide bonds. The Morgan fingerprint density at radius 3 is 2.42 bits per heavy atom. The number of benzene rings is 2. The van der Waals surface area contributed by atoms with Crippen molar-refractivity contribution in [1.29, 1.82) is 0 Å². The van der Waals surface area contributed by atoms with Crippen LogP contribution in [0.15, 0.2) is 53.9 Å². The van der Waals surface area contributed by atoms with Crippen molar-refractivity contribution in [2.45, 2.75) is 0 Å². The van der Waals surface area contributed by atoms with E-state index in [4.69, 9.17) is 11.6 Å². The molecule has 1 N–H and O–H groups in total. The molecule has 0 unspecified atom stereocenters. The maximum atomic E-state index is 12.5. The summed E-state index contributed by atoms with van der Waals surface area (Å²) in [5.74, 6) is 0. The molecular weight excluding hydrogens is 370 g/mol. The van der Waals surface area contributed by atoms with Crippen molar-refractivity contribution in [2.24, 2.45) is 0 Å². The van der Waals surface area contributed by atoms with E-state index in [0.29, 0.717) is 10.7 Å². The largest absolute Gasteiger partial charge is 0.367 e. The summed E-state index contributed by atoms with van der Waals surface area (Å²) in [4.78, 5) is 4.42. The zero-order chi connectivity index (χ0) is 18.6. The molecule has 0 spiro atoms. The standard InChI is InChI=1S/C19H22ClN3O2S/c1-22-10-12-23(13-11-22)19-8-7-17(20)15-18(19)21-26(24,25)14-9-16-5-3-2-4-6-16/h2-9,14-15,21H,10-13H2,1H3/b14-9+. The Balaban J connectivity index is 1.82. The number of hydrogen-bond donors (Lipinski definition) is 1.